The van der Waals surface area contributed by atoms with Gasteiger partial charge in [-0.3, -0.25) is 15.0 Å². The first-order valence-electron chi connectivity index (χ1n) is 9.99. The monoisotopic (exact) mass is 371 g/mol. The highest BCUT2D eigenvalue weighted by molar-refractivity contribution is 5.86. The molecule has 146 valence electrons. The van der Waals surface area contributed by atoms with E-state index in [-0.39, 0.29) is 10.6 Å². The lowest BCUT2D eigenvalue weighted by molar-refractivity contribution is -0.384. The lowest BCUT2D eigenvalue weighted by Gasteiger charge is -2.32. The third kappa shape index (κ3) is 4.15. The lowest BCUT2D eigenvalue weighted by atomic mass is 10.1. The molecule has 0 aliphatic carbocycles. The molecule has 2 saturated heterocycles. The fraction of sp³-hybridized carbons (Fsp3) is 0.600. The summed E-state index contributed by atoms with van der Waals surface area (Å²) >= 11 is 0. The molecule has 1 aromatic heterocycles. The summed E-state index contributed by atoms with van der Waals surface area (Å²) in [4.78, 5) is 18.3. The van der Waals surface area contributed by atoms with Gasteiger partial charge in [-0.15, -0.1) is 0 Å². The SMILES string of the molecule is CN1CCN(Cc2cn(CCN3CCCC3)c3cc([N+](=O)[O-])ccc23)CC1. The Hall–Kier alpha value is -1.96. The smallest absolute Gasteiger partial charge is 0.271 e. The van der Waals surface area contributed by atoms with Crippen LogP contribution in [0.4, 0.5) is 5.69 Å². The number of aromatic nitrogens is 1. The van der Waals surface area contributed by atoms with E-state index in [1.807, 2.05) is 6.07 Å². The summed E-state index contributed by atoms with van der Waals surface area (Å²) in [5.74, 6) is 0. The van der Waals surface area contributed by atoms with Gasteiger partial charge < -0.3 is 14.4 Å². The van der Waals surface area contributed by atoms with Gasteiger partial charge in [-0.25, -0.2) is 0 Å². The van der Waals surface area contributed by atoms with Gasteiger partial charge >= 0.3 is 0 Å². The van der Waals surface area contributed by atoms with Crippen LogP contribution in [0, 0.1) is 10.1 Å². The molecule has 4 rings (SSSR count). The normalized spacial score (nSPS) is 19.9. The van der Waals surface area contributed by atoms with Crippen LogP contribution in [0.25, 0.3) is 10.9 Å². The zero-order valence-electron chi connectivity index (χ0n) is 16.1. The van der Waals surface area contributed by atoms with Crippen molar-refractivity contribution in [1.82, 2.24) is 19.3 Å². The quantitative estimate of drug-likeness (QED) is 0.576. The number of nitro benzene ring substituents is 1. The standard InChI is InChI=1S/C20H29N5O2/c1-21-8-10-23(11-9-21)15-17-16-24(13-12-22-6-2-3-7-22)20-14-18(25(26)27)4-5-19(17)20/h4-5,14,16H,2-3,6-13,15H2,1H3. The molecule has 0 radical (unpaired) electrons. The van der Waals surface area contributed by atoms with E-state index in [4.69, 9.17) is 0 Å². The molecule has 2 fully saturated rings. The highest BCUT2D eigenvalue weighted by atomic mass is 16.6. The van der Waals surface area contributed by atoms with E-state index in [1.54, 1.807) is 12.1 Å². The maximum Gasteiger partial charge on any atom is 0.271 e. The van der Waals surface area contributed by atoms with Gasteiger partial charge in [0.15, 0.2) is 0 Å². The van der Waals surface area contributed by atoms with Crippen LogP contribution >= 0.6 is 0 Å². The molecule has 0 atom stereocenters. The van der Waals surface area contributed by atoms with Gasteiger partial charge in [0.1, 0.15) is 0 Å². The molecule has 7 heteroatoms. The third-order valence-corrected chi connectivity index (χ3v) is 6.00. The summed E-state index contributed by atoms with van der Waals surface area (Å²) in [5.41, 5.74) is 2.45. The van der Waals surface area contributed by atoms with Gasteiger partial charge in [-0.2, -0.15) is 0 Å². The van der Waals surface area contributed by atoms with E-state index in [2.05, 4.69) is 32.5 Å². The van der Waals surface area contributed by atoms with Gasteiger partial charge in [0.25, 0.3) is 5.69 Å². The summed E-state index contributed by atoms with van der Waals surface area (Å²) in [6.45, 7) is 9.51. The molecule has 7 nitrogen and oxygen atoms in total. The molecular weight excluding hydrogens is 342 g/mol. The Labute approximate surface area is 160 Å². The number of non-ortho nitro benzene ring substituents is 1. The molecular formula is C20H29N5O2. The molecule has 0 saturated carbocycles. The fourth-order valence-electron chi connectivity index (χ4n) is 4.28. The average Bonchev–Trinajstić information content (AvgIpc) is 3.30. The van der Waals surface area contributed by atoms with Crippen molar-refractivity contribution in [2.24, 2.45) is 0 Å². The van der Waals surface area contributed by atoms with Crippen molar-refractivity contribution in [3.63, 3.8) is 0 Å². The second-order valence-electron chi connectivity index (χ2n) is 7.93. The van der Waals surface area contributed by atoms with Crippen molar-refractivity contribution in [1.29, 1.82) is 0 Å². The predicted octanol–water partition coefficient (Wildman–Crippen LogP) is 2.39. The number of fused-ring (bicyclic) bond motifs is 1. The Morgan fingerprint density at radius 1 is 1.00 bits per heavy atom. The number of likely N-dealkylation sites (tertiary alicyclic amines) is 1. The number of hydrogen-bond donors (Lipinski definition) is 0. The van der Waals surface area contributed by atoms with Crippen LogP contribution in [0.2, 0.25) is 0 Å². The predicted molar refractivity (Wildman–Crippen MR) is 107 cm³/mol. The molecule has 0 amide bonds. The van der Waals surface area contributed by atoms with Gasteiger partial charge in [0.05, 0.1) is 10.4 Å². The van der Waals surface area contributed by atoms with Crippen molar-refractivity contribution in [3.05, 3.63) is 40.1 Å². The summed E-state index contributed by atoms with van der Waals surface area (Å²) in [5, 5.41) is 12.4. The fourth-order valence-corrected chi connectivity index (χ4v) is 4.28. The topological polar surface area (TPSA) is 57.8 Å². The van der Waals surface area contributed by atoms with Crippen LogP contribution in [0.5, 0.6) is 0 Å². The highest BCUT2D eigenvalue weighted by Gasteiger charge is 2.19. The van der Waals surface area contributed by atoms with Crippen molar-refractivity contribution < 1.29 is 4.92 Å². The van der Waals surface area contributed by atoms with Gasteiger partial charge in [-0.1, -0.05) is 0 Å². The van der Waals surface area contributed by atoms with Gasteiger partial charge in [0.2, 0.25) is 0 Å². The van der Waals surface area contributed by atoms with Crippen LogP contribution in [0.1, 0.15) is 18.4 Å². The first-order chi connectivity index (χ1) is 13.1. The van der Waals surface area contributed by atoms with Crippen molar-refractivity contribution in [2.75, 3.05) is 52.9 Å². The number of nitrogens with zero attached hydrogens (tertiary/aromatic N) is 5. The minimum atomic E-state index is -0.294. The van der Waals surface area contributed by atoms with E-state index < -0.39 is 0 Å². The average molecular weight is 371 g/mol. The van der Waals surface area contributed by atoms with E-state index in [0.717, 1.165) is 56.7 Å². The zero-order chi connectivity index (χ0) is 18.8. The van der Waals surface area contributed by atoms with Crippen LogP contribution in [0.3, 0.4) is 0 Å². The van der Waals surface area contributed by atoms with Crippen LogP contribution < -0.4 is 0 Å². The first kappa shape index (κ1) is 18.4. The highest BCUT2D eigenvalue weighted by Crippen LogP contribution is 2.27. The van der Waals surface area contributed by atoms with E-state index >= 15 is 0 Å². The number of benzene rings is 1. The Kier molecular flexibility index (Phi) is 5.43. The molecule has 2 aromatic rings. The van der Waals surface area contributed by atoms with Gasteiger partial charge in [-0.05, 0) is 44.6 Å². The number of hydrogen-bond acceptors (Lipinski definition) is 5. The molecule has 0 bridgehead atoms. The Morgan fingerprint density at radius 3 is 2.44 bits per heavy atom. The molecule has 27 heavy (non-hydrogen) atoms. The van der Waals surface area contributed by atoms with Crippen molar-refractivity contribution in [2.45, 2.75) is 25.9 Å². The molecule has 2 aliphatic heterocycles. The van der Waals surface area contributed by atoms with Crippen molar-refractivity contribution in [3.8, 4) is 0 Å². The largest absolute Gasteiger partial charge is 0.346 e. The maximum absolute atomic E-state index is 11.3. The first-order valence-corrected chi connectivity index (χ1v) is 9.99. The molecule has 0 spiro atoms. The van der Waals surface area contributed by atoms with E-state index in [9.17, 15) is 10.1 Å². The van der Waals surface area contributed by atoms with Crippen molar-refractivity contribution >= 4 is 16.6 Å². The Balaban J connectivity index is 1.58. The summed E-state index contributed by atoms with van der Waals surface area (Å²) in [7, 11) is 2.17. The number of nitro groups is 1. The molecule has 2 aliphatic rings. The zero-order valence-corrected chi connectivity index (χ0v) is 16.1. The lowest BCUT2D eigenvalue weighted by Crippen LogP contribution is -2.43. The van der Waals surface area contributed by atoms with Crippen LogP contribution in [-0.2, 0) is 13.1 Å². The second kappa shape index (κ2) is 7.96. The molecule has 3 heterocycles. The molecule has 1 aromatic carbocycles. The minimum Gasteiger partial charge on any atom is -0.346 e. The second-order valence-corrected chi connectivity index (χ2v) is 7.93. The Bertz CT molecular complexity index is 804. The third-order valence-electron chi connectivity index (χ3n) is 6.00. The number of piperazine rings is 1. The Morgan fingerprint density at radius 2 is 1.74 bits per heavy atom. The summed E-state index contributed by atoms with van der Waals surface area (Å²) in [6, 6.07) is 5.32. The van der Waals surface area contributed by atoms with Crippen LogP contribution in [0.15, 0.2) is 24.4 Å². The summed E-state index contributed by atoms with van der Waals surface area (Å²) in [6.07, 6.45) is 4.79. The van der Waals surface area contributed by atoms with E-state index in [0.29, 0.717) is 0 Å². The maximum atomic E-state index is 11.3. The number of rotatable bonds is 6. The minimum absolute atomic E-state index is 0.175. The summed E-state index contributed by atoms with van der Waals surface area (Å²) < 4.78 is 2.23. The molecule has 0 unspecified atom stereocenters. The molecule has 0 N–H and O–H groups in total. The van der Waals surface area contributed by atoms with Gasteiger partial charge in [0, 0.05) is 69.5 Å². The van der Waals surface area contributed by atoms with E-state index in [1.165, 1.54) is 31.5 Å². The van der Waals surface area contributed by atoms with Crippen LogP contribution in [-0.4, -0.2) is 77.1 Å². The number of likely N-dealkylation sites (N-methyl/N-ethyl adjacent to an activating group) is 1.